The van der Waals surface area contributed by atoms with Crippen LogP contribution in [-0.4, -0.2) is 10.9 Å². The van der Waals surface area contributed by atoms with E-state index in [1.807, 2.05) is 60.7 Å². The number of para-hydroxylation sites is 1. The lowest BCUT2D eigenvalue weighted by molar-refractivity contribution is -0.385. The molecular formula is C26H18ClNO5. The first-order valence-electron chi connectivity index (χ1n) is 10.0. The molecule has 0 heterocycles. The Kier molecular flexibility index (Phi) is 6.66. The second kappa shape index (κ2) is 9.97. The number of carbonyl (C=O) groups is 1. The summed E-state index contributed by atoms with van der Waals surface area (Å²) < 4.78 is 11.6. The highest BCUT2D eigenvalue weighted by atomic mass is 35.5. The number of hydrogen-bond donors (Lipinski definition) is 0. The molecule has 0 unspecified atom stereocenters. The molecule has 164 valence electrons. The fourth-order valence-corrected chi connectivity index (χ4v) is 3.51. The van der Waals surface area contributed by atoms with Crippen LogP contribution in [0.15, 0.2) is 103 Å². The molecular weight excluding hydrogens is 442 g/mol. The van der Waals surface area contributed by atoms with Gasteiger partial charge < -0.3 is 9.47 Å². The van der Waals surface area contributed by atoms with E-state index in [1.165, 1.54) is 24.3 Å². The summed E-state index contributed by atoms with van der Waals surface area (Å²) in [4.78, 5) is 23.8. The first kappa shape index (κ1) is 22.0. The molecule has 0 radical (unpaired) electrons. The monoisotopic (exact) mass is 459 g/mol. The number of halogens is 1. The van der Waals surface area contributed by atoms with Gasteiger partial charge in [0.25, 0.3) is 0 Å². The maximum atomic E-state index is 13.0. The minimum Gasteiger partial charge on any atom is -0.449 e. The molecule has 0 atom stereocenters. The Morgan fingerprint density at radius 2 is 1.42 bits per heavy atom. The first-order chi connectivity index (χ1) is 16.0. The van der Waals surface area contributed by atoms with Gasteiger partial charge in [0.1, 0.15) is 5.75 Å². The van der Waals surface area contributed by atoms with Crippen molar-refractivity contribution >= 4 is 23.3 Å². The van der Waals surface area contributed by atoms with Gasteiger partial charge in [-0.15, -0.1) is 0 Å². The number of hydrogen-bond acceptors (Lipinski definition) is 5. The van der Waals surface area contributed by atoms with E-state index in [-0.39, 0.29) is 27.8 Å². The summed E-state index contributed by atoms with van der Waals surface area (Å²) in [5, 5.41) is 11.4. The van der Waals surface area contributed by atoms with Gasteiger partial charge in [-0.25, -0.2) is 4.79 Å². The van der Waals surface area contributed by atoms with Crippen molar-refractivity contribution in [2.24, 2.45) is 0 Å². The predicted octanol–water partition coefficient (Wildman–Crippen LogP) is 6.99. The van der Waals surface area contributed by atoms with Gasteiger partial charge in [-0.2, -0.15) is 0 Å². The van der Waals surface area contributed by atoms with E-state index in [0.29, 0.717) is 0 Å². The number of nitro benzene ring substituents is 1. The third-order valence-electron chi connectivity index (χ3n) is 4.86. The maximum Gasteiger partial charge on any atom is 0.339 e. The summed E-state index contributed by atoms with van der Waals surface area (Å²) in [5.74, 6) is -0.440. The highest BCUT2D eigenvalue weighted by Gasteiger charge is 2.22. The zero-order valence-electron chi connectivity index (χ0n) is 17.3. The smallest absolute Gasteiger partial charge is 0.339 e. The van der Waals surface area contributed by atoms with Gasteiger partial charge in [0.15, 0.2) is 6.10 Å². The molecule has 4 rings (SSSR count). The number of rotatable bonds is 7. The Bertz CT molecular complexity index is 1240. The molecule has 0 N–H and O–H groups in total. The number of benzene rings is 4. The van der Waals surface area contributed by atoms with Crippen LogP contribution in [0.25, 0.3) is 0 Å². The topological polar surface area (TPSA) is 78.7 Å². The Hall–Kier alpha value is -4.16. The number of carbonyl (C=O) groups excluding carboxylic acids is 1. The van der Waals surface area contributed by atoms with E-state index in [9.17, 15) is 14.9 Å². The highest BCUT2D eigenvalue weighted by molar-refractivity contribution is 6.32. The number of ether oxygens (including phenoxy) is 2. The van der Waals surface area contributed by atoms with Crippen LogP contribution >= 0.6 is 11.6 Å². The predicted molar refractivity (Wildman–Crippen MR) is 125 cm³/mol. The standard InChI is InChI=1S/C26H18ClNO5/c27-22-15-8-16-23(28(30)31)25(22)32-21-14-7-13-20(17-21)26(29)33-24(18-9-3-1-4-10-18)19-11-5-2-6-12-19/h1-17,24H. The molecule has 0 amide bonds. The van der Waals surface area contributed by atoms with Crippen LogP contribution in [0.2, 0.25) is 5.02 Å². The van der Waals surface area contributed by atoms with Crippen LogP contribution in [-0.2, 0) is 4.74 Å². The van der Waals surface area contributed by atoms with E-state index in [0.717, 1.165) is 11.1 Å². The average Bonchev–Trinajstić information content (AvgIpc) is 2.85. The van der Waals surface area contributed by atoms with Crippen LogP contribution in [0.5, 0.6) is 11.5 Å². The molecule has 6 nitrogen and oxygen atoms in total. The SMILES string of the molecule is O=C(OC(c1ccccc1)c1ccccc1)c1cccc(Oc2c(Cl)cccc2[N+](=O)[O-])c1. The van der Waals surface area contributed by atoms with Gasteiger partial charge in [-0.1, -0.05) is 84.4 Å². The maximum absolute atomic E-state index is 13.0. The summed E-state index contributed by atoms with van der Waals surface area (Å²) in [7, 11) is 0. The normalized spacial score (nSPS) is 10.6. The second-order valence-electron chi connectivity index (χ2n) is 7.08. The van der Waals surface area contributed by atoms with Crippen molar-refractivity contribution in [2.45, 2.75) is 6.10 Å². The highest BCUT2D eigenvalue weighted by Crippen LogP contribution is 2.38. The first-order valence-corrected chi connectivity index (χ1v) is 10.4. The van der Waals surface area contributed by atoms with E-state index >= 15 is 0 Å². The molecule has 0 saturated heterocycles. The summed E-state index contributed by atoms with van der Waals surface area (Å²) in [6.07, 6.45) is -0.603. The number of esters is 1. The van der Waals surface area contributed by atoms with E-state index in [1.54, 1.807) is 18.2 Å². The van der Waals surface area contributed by atoms with Crippen LogP contribution < -0.4 is 4.74 Å². The molecule has 4 aromatic rings. The lowest BCUT2D eigenvalue weighted by atomic mass is 10.0. The van der Waals surface area contributed by atoms with Crippen molar-refractivity contribution in [3.8, 4) is 11.5 Å². The van der Waals surface area contributed by atoms with Crippen molar-refractivity contribution in [3.63, 3.8) is 0 Å². The molecule has 0 aromatic heterocycles. The summed E-state index contributed by atoms with van der Waals surface area (Å²) in [6, 6.07) is 29.3. The molecule has 0 saturated carbocycles. The summed E-state index contributed by atoms with van der Waals surface area (Å²) in [6.45, 7) is 0. The quantitative estimate of drug-likeness (QED) is 0.169. The van der Waals surface area contributed by atoms with E-state index < -0.39 is 17.0 Å². The van der Waals surface area contributed by atoms with Gasteiger partial charge in [-0.05, 0) is 35.4 Å². The summed E-state index contributed by atoms with van der Waals surface area (Å²) >= 11 is 6.11. The molecule has 33 heavy (non-hydrogen) atoms. The van der Waals surface area contributed by atoms with Crippen LogP contribution in [0.3, 0.4) is 0 Å². The third-order valence-corrected chi connectivity index (χ3v) is 5.16. The van der Waals surface area contributed by atoms with Crippen molar-refractivity contribution in [1.29, 1.82) is 0 Å². The lowest BCUT2D eigenvalue weighted by Gasteiger charge is -2.19. The van der Waals surface area contributed by atoms with Crippen LogP contribution in [0.1, 0.15) is 27.6 Å². The molecule has 4 aromatic carbocycles. The van der Waals surface area contributed by atoms with Crippen molar-refractivity contribution in [1.82, 2.24) is 0 Å². The molecule has 0 aliphatic carbocycles. The molecule has 0 aliphatic heterocycles. The van der Waals surface area contributed by atoms with Gasteiger partial charge in [0, 0.05) is 6.07 Å². The van der Waals surface area contributed by atoms with Gasteiger partial charge in [0.05, 0.1) is 15.5 Å². The molecule has 0 bridgehead atoms. The zero-order chi connectivity index (χ0) is 23.2. The Morgan fingerprint density at radius 1 is 0.818 bits per heavy atom. The third kappa shape index (κ3) is 5.19. The molecule has 0 fully saturated rings. The lowest BCUT2D eigenvalue weighted by Crippen LogP contribution is -2.13. The second-order valence-corrected chi connectivity index (χ2v) is 7.49. The van der Waals surface area contributed by atoms with Crippen molar-refractivity contribution in [2.75, 3.05) is 0 Å². The van der Waals surface area contributed by atoms with Crippen molar-refractivity contribution < 1.29 is 19.2 Å². The Labute approximate surface area is 195 Å². The number of nitro groups is 1. The zero-order valence-corrected chi connectivity index (χ0v) is 18.0. The minimum atomic E-state index is -0.603. The van der Waals surface area contributed by atoms with Gasteiger partial charge in [0.2, 0.25) is 5.75 Å². The van der Waals surface area contributed by atoms with Crippen LogP contribution in [0.4, 0.5) is 5.69 Å². The fraction of sp³-hybridized carbons (Fsp3) is 0.0385. The number of nitrogens with zero attached hydrogens (tertiary/aromatic N) is 1. The molecule has 0 spiro atoms. The van der Waals surface area contributed by atoms with Gasteiger partial charge in [-0.3, -0.25) is 10.1 Å². The van der Waals surface area contributed by atoms with Crippen molar-refractivity contribution in [3.05, 3.63) is 135 Å². The Balaban J connectivity index is 1.61. The van der Waals surface area contributed by atoms with Crippen LogP contribution in [0, 0.1) is 10.1 Å². The fourth-order valence-electron chi connectivity index (χ4n) is 3.31. The molecule has 7 heteroatoms. The Morgan fingerprint density at radius 3 is 2.03 bits per heavy atom. The van der Waals surface area contributed by atoms with E-state index in [2.05, 4.69) is 0 Å². The largest absolute Gasteiger partial charge is 0.449 e. The summed E-state index contributed by atoms with van der Waals surface area (Å²) in [5.41, 5.74) is 1.62. The minimum absolute atomic E-state index is 0.0883. The van der Waals surface area contributed by atoms with Gasteiger partial charge >= 0.3 is 11.7 Å². The van der Waals surface area contributed by atoms with E-state index in [4.69, 9.17) is 21.1 Å². The molecule has 0 aliphatic rings. The average molecular weight is 460 g/mol.